The highest BCUT2D eigenvalue weighted by molar-refractivity contribution is 5.69. The third-order valence-corrected chi connectivity index (χ3v) is 5.17. The van der Waals surface area contributed by atoms with Crippen molar-refractivity contribution in [2.45, 2.75) is 110 Å². The molecule has 0 spiro atoms. The molecule has 4 heteroatoms. The SMILES string of the molecule is CCCCCCCCCCCCOC(=O)CCN(CCN)CCCCCC. The molecule has 0 saturated carbocycles. The van der Waals surface area contributed by atoms with E-state index in [1.165, 1.54) is 83.5 Å². The first kappa shape index (κ1) is 26.4. The molecule has 27 heavy (non-hydrogen) atoms. The number of ether oxygens (including phenoxy) is 1. The van der Waals surface area contributed by atoms with Crippen molar-refractivity contribution >= 4 is 5.97 Å². The molecule has 0 bridgehead atoms. The summed E-state index contributed by atoms with van der Waals surface area (Å²) < 4.78 is 5.39. The van der Waals surface area contributed by atoms with Crippen molar-refractivity contribution < 1.29 is 9.53 Å². The van der Waals surface area contributed by atoms with Gasteiger partial charge in [-0.15, -0.1) is 0 Å². The van der Waals surface area contributed by atoms with E-state index in [0.717, 1.165) is 26.1 Å². The van der Waals surface area contributed by atoms with E-state index in [9.17, 15) is 4.79 Å². The van der Waals surface area contributed by atoms with Crippen LogP contribution in [-0.2, 0) is 9.53 Å². The zero-order chi connectivity index (χ0) is 20.0. The molecular formula is C23H48N2O2. The van der Waals surface area contributed by atoms with Crippen LogP contribution in [-0.4, -0.2) is 43.7 Å². The quantitative estimate of drug-likeness (QED) is 0.204. The van der Waals surface area contributed by atoms with Crippen molar-refractivity contribution in [3.05, 3.63) is 0 Å². The van der Waals surface area contributed by atoms with Crippen LogP contribution in [0, 0.1) is 0 Å². The number of hydrogen-bond donors (Lipinski definition) is 1. The Hall–Kier alpha value is -0.610. The van der Waals surface area contributed by atoms with Crippen LogP contribution in [0.4, 0.5) is 0 Å². The molecular weight excluding hydrogens is 336 g/mol. The second kappa shape index (κ2) is 21.7. The molecule has 0 aromatic heterocycles. The van der Waals surface area contributed by atoms with Crippen LogP contribution in [0.15, 0.2) is 0 Å². The Balaban J connectivity index is 3.50. The fourth-order valence-electron chi connectivity index (χ4n) is 3.38. The van der Waals surface area contributed by atoms with E-state index >= 15 is 0 Å². The number of unbranched alkanes of at least 4 members (excludes halogenated alkanes) is 12. The molecule has 0 radical (unpaired) electrons. The predicted molar refractivity (Wildman–Crippen MR) is 117 cm³/mol. The lowest BCUT2D eigenvalue weighted by Crippen LogP contribution is -2.32. The van der Waals surface area contributed by atoms with Crippen LogP contribution in [0.5, 0.6) is 0 Å². The second-order valence-corrected chi connectivity index (χ2v) is 7.84. The lowest BCUT2D eigenvalue weighted by atomic mass is 10.1. The van der Waals surface area contributed by atoms with Gasteiger partial charge in [-0.2, -0.15) is 0 Å². The Morgan fingerprint density at radius 3 is 1.78 bits per heavy atom. The average Bonchev–Trinajstić information content (AvgIpc) is 2.67. The van der Waals surface area contributed by atoms with Gasteiger partial charge in [0.15, 0.2) is 0 Å². The normalized spacial score (nSPS) is 11.3. The van der Waals surface area contributed by atoms with E-state index in [-0.39, 0.29) is 5.97 Å². The molecule has 0 aliphatic carbocycles. The minimum atomic E-state index is -0.0542. The van der Waals surface area contributed by atoms with Gasteiger partial charge in [-0.25, -0.2) is 0 Å². The van der Waals surface area contributed by atoms with Crippen LogP contribution in [0.1, 0.15) is 110 Å². The monoisotopic (exact) mass is 384 g/mol. The van der Waals surface area contributed by atoms with E-state index in [4.69, 9.17) is 10.5 Å². The van der Waals surface area contributed by atoms with Gasteiger partial charge in [0.1, 0.15) is 0 Å². The third-order valence-electron chi connectivity index (χ3n) is 5.17. The van der Waals surface area contributed by atoms with Crippen molar-refractivity contribution in [3.63, 3.8) is 0 Å². The van der Waals surface area contributed by atoms with Gasteiger partial charge in [0.2, 0.25) is 0 Å². The summed E-state index contributed by atoms with van der Waals surface area (Å²) in [4.78, 5) is 14.2. The molecule has 0 fully saturated rings. The van der Waals surface area contributed by atoms with Crippen molar-refractivity contribution in [1.82, 2.24) is 4.90 Å². The third kappa shape index (κ3) is 19.9. The standard InChI is InChI=1S/C23H48N2O2/c1-3-5-7-9-10-11-12-13-14-16-22-27-23(26)17-20-25(21-18-24)19-15-8-6-4-2/h3-22,24H2,1-2H3. The van der Waals surface area contributed by atoms with Crippen LogP contribution in [0.25, 0.3) is 0 Å². The molecule has 0 aromatic rings. The molecule has 0 saturated heterocycles. The summed E-state index contributed by atoms with van der Waals surface area (Å²) in [5.41, 5.74) is 5.69. The molecule has 0 aliphatic rings. The minimum Gasteiger partial charge on any atom is -0.466 e. The fraction of sp³-hybridized carbons (Fsp3) is 0.957. The molecule has 2 N–H and O–H groups in total. The minimum absolute atomic E-state index is 0.0542. The van der Waals surface area contributed by atoms with Gasteiger partial charge in [0, 0.05) is 19.6 Å². The van der Waals surface area contributed by atoms with E-state index in [2.05, 4.69) is 18.7 Å². The molecule has 162 valence electrons. The van der Waals surface area contributed by atoms with Gasteiger partial charge in [0.05, 0.1) is 13.0 Å². The lowest BCUT2D eigenvalue weighted by Gasteiger charge is -2.21. The molecule has 0 unspecified atom stereocenters. The Labute approximate surface area is 169 Å². The summed E-state index contributed by atoms with van der Waals surface area (Å²) in [7, 11) is 0. The molecule has 0 atom stereocenters. The van der Waals surface area contributed by atoms with Crippen LogP contribution >= 0.6 is 0 Å². The summed E-state index contributed by atoms with van der Waals surface area (Å²) in [5, 5.41) is 0. The Morgan fingerprint density at radius 1 is 0.704 bits per heavy atom. The van der Waals surface area contributed by atoms with E-state index in [0.29, 0.717) is 19.6 Å². The Bertz CT molecular complexity index is 311. The largest absolute Gasteiger partial charge is 0.466 e. The summed E-state index contributed by atoms with van der Waals surface area (Å²) in [6, 6.07) is 0. The maximum atomic E-state index is 11.9. The highest BCUT2D eigenvalue weighted by Crippen LogP contribution is 2.10. The van der Waals surface area contributed by atoms with Crippen molar-refractivity contribution in [2.24, 2.45) is 5.73 Å². The summed E-state index contributed by atoms with van der Waals surface area (Å²) >= 11 is 0. The number of nitrogens with two attached hydrogens (primary N) is 1. The summed E-state index contributed by atoms with van der Waals surface area (Å²) in [6.07, 6.45) is 18.5. The molecule has 0 rings (SSSR count). The van der Waals surface area contributed by atoms with Crippen LogP contribution < -0.4 is 5.73 Å². The smallest absolute Gasteiger partial charge is 0.307 e. The average molecular weight is 385 g/mol. The van der Waals surface area contributed by atoms with Crippen LogP contribution in [0.3, 0.4) is 0 Å². The van der Waals surface area contributed by atoms with Gasteiger partial charge in [-0.1, -0.05) is 90.9 Å². The van der Waals surface area contributed by atoms with Crippen LogP contribution in [0.2, 0.25) is 0 Å². The number of rotatable bonds is 21. The van der Waals surface area contributed by atoms with E-state index in [1.54, 1.807) is 0 Å². The first-order chi connectivity index (χ1) is 13.2. The molecule has 0 amide bonds. The highest BCUT2D eigenvalue weighted by Gasteiger charge is 2.08. The van der Waals surface area contributed by atoms with Gasteiger partial charge in [-0.3, -0.25) is 4.79 Å². The molecule has 0 heterocycles. The van der Waals surface area contributed by atoms with Gasteiger partial charge in [-0.05, 0) is 19.4 Å². The number of hydrogen-bond acceptors (Lipinski definition) is 4. The zero-order valence-electron chi connectivity index (χ0n) is 18.5. The molecule has 4 nitrogen and oxygen atoms in total. The maximum absolute atomic E-state index is 11.9. The van der Waals surface area contributed by atoms with Gasteiger partial charge in [0.25, 0.3) is 0 Å². The van der Waals surface area contributed by atoms with E-state index < -0.39 is 0 Å². The van der Waals surface area contributed by atoms with Gasteiger partial charge < -0.3 is 15.4 Å². The first-order valence-corrected chi connectivity index (χ1v) is 11.8. The van der Waals surface area contributed by atoms with Crippen molar-refractivity contribution in [3.8, 4) is 0 Å². The summed E-state index contributed by atoms with van der Waals surface area (Å²) in [6.45, 7) is 8.42. The molecule has 0 aromatic carbocycles. The number of carbonyl (C=O) groups excluding carboxylic acids is 1. The van der Waals surface area contributed by atoms with Gasteiger partial charge >= 0.3 is 5.97 Å². The maximum Gasteiger partial charge on any atom is 0.307 e. The van der Waals surface area contributed by atoms with Crippen molar-refractivity contribution in [2.75, 3.05) is 32.8 Å². The number of esters is 1. The highest BCUT2D eigenvalue weighted by atomic mass is 16.5. The zero-order valence-corrected chi connectivity index (χ0v) is 18.5. The Kier molecular flexibility index (Phi) is 21.2. The fourth-order valence-corrected chi connectivity index (χ4v) is 3.38. The van der Waals surface area contributed by atoms with E-state index in [1.807, 2.05) is 0 Å². The molecule has 0 aliphatic heterocycles. The Morgan fingerprint density at radius 2 is 1.22 bits per heavy atom. The second-order valence-electron chi connectivity index (χ2n) is 7.84. The topological polar surface area (TPSA) is 55.6 Å². The lowest BCUT2D eigenvalue weighted by molar-refractivity contribution is -0.144. The first-order valence-electron chi connectivity index (χ1n) is 11.8. The number of carbonyl (C=O) groups is 1. The number of nitrogens with zero attached hydrogens (tertiary/aromatic N) is 1. The summed E-state index contributed by atoms with van der Waals surface area (Å²) in [5.74, 6) is -0.0542. The predicted octanol–water partition coefficient (Wildman–Crippen LogP) is 5.68. The van der Waals surface area contributed by atoms with Crippen molar-refractivity contribution in [1.29, 1.82) is 0 Å².